The van der Waals surface area contributed by atoms with Gasteiger partial charge in [-0.15, -0.1) is 0 Å². The van der Waals surface area contributed by atoms with Crippen LogP contribution in [0.2, 0.25) is 5.02 Å². The van der Waals surface area contributed by atoms with Crippen LogP contribution in [-0.4, -0.2) is 12.0 Å². The molecule has 2 amide bonds. The van der Waals surface area contributed by atoms with Crippen LogP contribution in [-0.2, 0) is 20.5 Å². The molecule has 0 aromatic heterocycles. The second-order valence-corrected chi connectivity index (χ2v) is 4.78. The molecular formula is C11H9BrClNO3. The topological polar surface area (TPSA) is 55.4 Å². The van der Waals surface area contributed by atoms with Gasteiger partial charge in [0, 0.05) is 15.9 Å². The van der Waals surface area contributed by atoms with Gasteiger partial charge in [0.2, 0.25) is 5.60 Å². The summed E-state index contributed by atoms with van der Waals surface area (Å²) in [5.41, 5.74) is 0.152. The van der Waals surface area contributed by atoms with Gasteiger partial charge in [0.15, 0.2) is 0 Å². The van der Waals surface area contributed by atoms with Crippen molar-refractivity contribution < 1.29 is 14.3 Å². The first-order valence-corrected chi connectivity index (χ1v) is 6.36. The Labute approximate surface area is 111 Å². The lowest BCUT2D eigenvalue weighted by molar-refractivity contribution is -0.130. The molecule has 1 N–H and O–H groups in total. The third-order valence-electron chi connectivity index (χ3n) is 2.69. The van der Waals surface area contributed by atoms with Crippen LogP contribution < -0.4 is 5.32 Å². The summed E-state index contributed by atoms with van der Waals surface area (Å²) < 4.78 is 5.03. The number of nitrogens with one attached hydrogen (secondary N) is 1. The number of ether oxygens (including phenoxy) is 1. The summed E-state index contributed by atoms with van der Waals surface area (Å²) in [5, 5.41) is 3.27. The van der Waals surface area contributed by atoms with E-state index in [9.17, 15) is 9.59 Å². The fraction of sp³-hybridized carbons (Fsp3) is 0.273. The van der Waals surface area contributed by atoms with Crippen LogP contribution in [0.15, 0.2) is 18.2 Å². The van der Waals surface area contributed by atoms with E-state index in [0.717, 1.165) is 5.56 Å². The van der Waals surface area contributed by atoms with Crippen molar-refractivity contribution in [2.75, 3.05) is 0 Å². The summed E-state index contributed by atoms with van der Waals surface area (Å²) in [5.74, 6) is -0.467. The average Bonchev–Trinajstić information content (AvgIpc) is 2.54. The predicted molar refractivity (Wildman–Crippen MR) is 66.1 cm³/mol. The van der Waals surface area contributed by atoms with Gasteiger partial charge in [-0.2, -0.15) is 0 Å². The Morgan fingerprint density at radius 3 is 2.71 bits per heavy atom. The summed E-state index contributed by atoms with van der Waals surface area (Å²) in [6, 6.07) is 5.10. The maximum Gasteiger partial charge on any atom is 0.415 e. The van der Waals surface area contributed by atoms with Crippen LogP contribution in [0.5, 0.6) is 0 Å². The minimum atomic E-state index is -1.28. The van der Waals surface area contributed by atoms with E-state index in [1.807, 2.05) is 0 Å². The highest BCUT2D eigenvalue weighted by molar-refractivity contribution is 9.08. The first-order valence-electron chi connectivity index (χ1n) is 4.86. The highest BCUT2D eigenvalue weighted by Crippen LogP contribution is 2.32. The normalized spacial score (nSPS) is 23.5. The molecule has 0 saturated carbocycles. The Morgan fingerprint density at radius 2 is 2.18 bits per heavy atom. The van der Waals surface area contributed by atoms with E-state index in [2.05, 4.69) is 21.2 Å². The number of hydrogen-bond donors (Lipinski definition) is 1. The molecule has 1 atom stereocenters. The van der Waals surface area contributed by atoms with Crippen molar-refractivity contribution in [2.24, 2.45) is 0 Å². The molecule has 1 aliphatic rings. The number of alkyl carbamates (subject to hydrolysis) is 1. The second-order valence-electron chi connectivity index (χ2n) is 3.82. The van der Waals surface area contributed by atoms with Crippen LogP contribution in [0, 0.1) is 0 Å². The van der Waals surface area contributed by atoms with Gasteiger partial charge in [-0.05, 0) is 24.6 Å². The van der Waals surface area contributed by atoms with Gasteiger partial charge >= 0.3 is 6.09 Å². The van der Waals surface area contributed by atoms with E-state index in [1.54, 1.807) is 25.1 Å². The number of cyclic esters (lactones) is 1. The monoisotopic (exact) mass is 317 g/mol. The van der Waals surface area contributed by atoms with E-state index in [-0.39, 0.29) is 0 Å². The van der Waals surface area contributed by atoms with Crippen molar-refractivity contribution in [3.63, 3.8) is 0 Å². The molecule has 0 aliphatic carbocycles. The van der Waals surface area contributed by atoms with Crippen molar-refractivity contribution in [3.05, 3.63) is 34.3 Å². The van der Waals surface area contributed by atoms with Gasteiger partial charge in [0.25, 0.3) is 5.91 Å². The van der Waals surface area contributed by atoms with Crippen LogP contribution in [0.1, 0.15) is 18.1 Å². The lowest BCUT2D eigenvalue weighted by Crippen LogP contribution is -2.33. The summed E-state index contributed by atoms with van der Waals surface area (Å²) >= 11 is 9.28. The second kappa shape index (κ2) is 4.31. The molecule has 2 rings (SSSR count). The zero-order chi connectivity index (χ0) is 12.6. The summed E-state index contributed by atoms with van der Waals surface area (Å²) in [6.45, 7) is 1.55. The molecule has 17 heavy (non-hydrogen) atoms. The summed E-state index contributed by atoms with van der Waals surface area (Å²) in [7, 11) is 0. The molecule has 0 radical (unpaired) electrons. The molecule has 1 saturated heterocycles. The number of benzene rings is 1. The van der Waals surface area contributed by atoms with Crippen molar-refractivity contribution in [1.82, 2.24) is 5.32 Å². The molecule has 6 heteroatoms. The Bertz CT molecular complexity index is 505. The molecule has 0 unspecified atom stereocenters. The van der Waals surface area contributed by atoms with Crippen molar-refractivity contribution in [3.8, 4) is 0 Å². The smallest absolute Gasteiger partial charge is 0.415 e. The number of amides is 2. The Balaban J connectivity index is 2.47. The van der Waals surface area contributed by atoms with E-state index in [0.29, 0.717) is 15.9 Å². The molecule has 90 valence electrons. The van der Waals surface area contributed by atoms with Crippen LogP contribution in [0.3, 0.4) is 0 Å². The maximum absolute atomic E-state index is 11.7. The fourth-order valence-corrected chi connectivity index (χ4v) is 2.44. The standard InChI is InChI=1S/C11H9BrClNO3/c1-11(9(15)14-10(16)17-11)7-2-3-8(13)6(4-7)5-12/h2-4H,5H2,1H3,(H,14,15,16)/t11-/m1/s1. The molecule has 0 bridgehead atoms. The molecule has 1 aliphatic heterocycles. The Hall–Kier alpha value is -1.07. The van der Waals surface area contributed by atoms with Crippen molar-refractivity contribution >= 4 is 39.5 Å². The number of halogens is 2. The number of carbonyl (C=O) groups excluding carboxylic acids is 2. The SMILES string of the molecule is C[C@]1(c2ccc(Cl)c(CBr)c2)OC(=O)NC1=O. The molecule has 1 aromatic carbocycles. The third-order valence-corrected chi connectivity index (χ3v) is 3.66. The molecule has 0 spiro atoms. The van der Waals surface area contributed by atoms with Crippen molar-refractivity contribution in [2.45, 2.75) is 17.9 Å². The van der Waals surface area contributed by atoms with Gasteiger partial charge in [-0.25, -0.2) is 4.79 Å². The highest BCUT2D eigenvalue weighted by Gasteiger charge is 2.46. The maximum atomic E-state index is 11.7. The zero-order valence-electron chi connectivity index (χ0n) is 8.92. The quantitative estimate of drug-likeness (QED) is 0.853. The number of hydrogen-bond acceptors (Lipinski definition) is 3. The van der Waals surface area contributed by atoms with Gasteiger partial charge in [-0.3, -0.25) is 10.1 Å². The minimum Gasteiger partial charge on any atom is -0.428 e. The predicted octanol–water partition coefficient (Wildman–Crippen LogP) is 2.72. The van der Waals surface area contributed by atoms with E-state index < -0.39 is 17.6 Å². The number of rotatable bonds is 2. The fourth-order valence-electron chi connectivity index (χ4n) is 1.63. The molecule has 1 heterocycles. The van der Waals surface area contributed by atoms with Gasteiger partial charge in [0.1, 0.15) is 0 Å². The van der Waals surface area contributed by atoms with E-state index in [4.69, 9.17) is 16.3 Å². The summed E-state index contributed by atoms with van der Waals surface area (Å²) in [4.78, 5) is 22.8. The molecular weight excluding hydrogens is 309 g/mol. The van der Waals surface area contributed by atoms with Crippen LogP contribution >= 0.6 is 27.5 Å². The molecule has 4 nitrogen and oxygen atoms in total. The third kappa shape index (κ3) is 2.05. The zero-order valence-corrected chi connectivity index (χ0v) is 11.3. The number of imide groups is 1. The van der Waals surface area contributed by atoms with Gasteiger partial charge in [-0.1, -0.05) is 33.6 Å². The van der Waals surface area contributed by atoms with Gasteiger partial charge in [0.05, 0.1) is 0 Å². The van der Waals surface area contributed by atoms with E-state index in [1.165, 1.54) is 0 Å². The Morgan fingerprint density at radius 1 is 1.47 bits per heavy atom. The van der Waals surface area contributed by atoms with Crippen molar-refractivity contribution in [1.29, 1.82) is 0 Å². The first kappa shape index (κ1) is 12.4. The molecule has 1 fully saturated rings. The molecule has 1 aromatic rings. The number of carbonyl (C=O) groups is 2. The minimum absolute atomic E-state index is 0.467. The Kier molecular flexibility index (Phi) is 3.14. The van der Waals surface area contributed by atoms with E-state index >= 15 is 0 Å². The summed E-state index contributed by atoms with van der Waals surface area (Å²) in [6.07, 6.45) is -0.729. The first-order chi connectivity index (χ1) is 7.97. The van der Waals surface area contributed by atoms with Crippen LogP contribution in [0.4, 0.5) is 4.79 Å². The largest absolute Gasteiger partial charge is 0.428 e. The van der Waals surface area contributed by atoms with Crippen LogP contribution in [0.25, 0.3) is 0 Å². The lowest BCUT2D eigenvalue weighted by Gasteiger charge is -2.20. The number of alkyl halides is 1. The highest BCUT2D eigenvalue weighted by atomic mass is 79.9. The van der Waals surface area contributed by atoms with Gasteiger partial charge < -0.3 is 4.74 Å². The lowest BCUT2D eigenvalue weighted by atomic mass is 9.94. The average molecular weight is 319 g/mol.